The smallest absolute Gasteiger partial charge is 0.243 e. The molecule has 0 aromatic heterocycles. The minimum Gasteiger partial charge on any atom is -0.329 e. The van der Waals surface area contributed by atoms with Crippen LogP contribution in [0.3, 0.4) is 0 Å². The molecule has 0 heterocycles. The number of benzene rings is 1. The van der Waals surface area contributed by atoms with Crippen LogP contribution < -0.4 is 11.1 Å². The molecule has 0 saturated heterocycles. The van der Waals surface area contributed by atoms with E-state index in [-0.39, 0.29) is 17.3 Å². The van der Waals surface area contributed by atoms with Crippen LogP contribution >= 0.6 is 0 Å². The van der Waals surface area contributed by atoms with Gasteiger partial charge < -0.3 is 11.1 Å². The van der Waals surface area contributed by atoms with Crippen molar-refractivity contribution in [3.63, 3.8) is 0 Å². The van der Waals surface area contributed by atoms with Crippen LogP contribution in [-0.4, -0.2) is 37.8 Å². The lowest BCUT2D eigenvalue weighted by Crippen LogP contribution is -2.49. The zero-order valence-electron chi connectivity index (χ0n) is 12.2. The van der Waals surface area contributed by atoms with E-state index in [0.717, 1.165) is 0 Å². The maximum atomic E-state index is 12.5. The summed E-state index contributed by atoms with van der Waals surface area (Å²) in [6, 6.07) is 6.03. The van der Waals surface area contributed by atoms with Gasteiger partial charge in [0.15, 0.2) is 0 Å². The number of anilines is 1. The van der Waals surface area contributed by atoms with Gasteiger partial charge in [0, 0.05) is 31.7 Å². The molecule has 0 atom stereocenters. The SMILES string of the molecule is CC(=O)Nc1ccc(S(=O)(=O)N(C)C(C)(C)CN)cc1. The maximum Gasteiger partial charge on any atom is 0.243 e. The standard InChI is InChI=1S/C13H21N3O3S/c1-10(17)15-11-5-7-12(8-6-11)20(18,19)16(4)13(2,3)9-14/h5-8H,9,14H2,1-4H3,(H,15,17). The van der Waals surface area contributed by atoms with Crippen LogP contribution in [0, 0.1) is 0 Å². The summed E-state index contributed by atoms with van der Waals surface area (Å²) in [5.41, 5.74) is 5.49. The van der Waals surface area contributed by atoms with E-state index in [2.05, 4.69) is 5.32 Å². The third-order valence-electron chi connectivity index (χ3n) is 3.19. The zero-order valence-corrected chi connectivity index (χ0v) is 13.0. The predicted octanol–water partition coefficient (Wildman–Crippen LogP) is 1.00. The van der Waals surface area contributed by atoms with Crippen molar-refractivity contribution in [2.75, 3.05) is 18.9 Å². The number of nitrogens with zero attached hydrogens (tertiary/aromatic N) is 1. The lowest BCUT2D eigenvalue weighted by molar-refractivity contribution is -0.114. The molecule has 0 aliphatic carbocycles. The van der Waals surface area contributed by atoms with Gasteiger partial charge in [-0.15, -0.1) is 0 Å². The van der Waals surface area contributed by atoms with Crippen molar-refractivity contribution < 1.29 is 13.2 Å². The minimum absolute atomic E-state index is 0.163. The maximum absolute atomic E-state index is 12.5. The summed E-state index contributed by atoms with van der Waals surface area (Å²) in [6.45, 7) is 5.13. The summed E-state index contributed by atoms with van der Waals surface area (Å²) in [4.78, 5) is 11.1. The second kappa shape index (κ2) is 5.90. The van der Waals surface area contributed by atoms with Crippen molar-refractivity contribution in [3.05, 3.63) is 24.3 Å². The summed E-state index contributed by atoms with van der Waals surface area (Å²) in [6.07, 6.45) is 0. The quantitative estimate of drug-likeness (QED) is 0.848. The molecule has 112 valence electrons. The highest BCUT2D eigenvalue weighted by atomic mass is 32.2. The first-order valence-electron chi connectivity index (χ1n) is 6.18. The third-order valence-corrected chi connectivity index (χ3v) is 5.27. The fourth-order valence-electron chi connectivity index (χ4n) is 1.53. The van der Waals surface area contributed by atoms with Gasteiger partial charge in [-0.2, -0.15) is 4.31 Å². The predicted molar refractivity (Wildman–Crippen MR) is 78.8 cm³/mol. The van der Waals surface area contributed by atoms with Gasteiger partial charge in [-0.1, -0.05) is 0 Å². The molecule has 1 aromatic carbocycles. The largest absolute Gasteiger partial charge is 0.329 e. The first-order chi connectivity index (χ1) is 9.11. The van der Waals surface area contributed by atoms with Crippen molar-refractivity contribution >= 4 is 21.6 Å². The van der Waals surface area contributed by atoms with E-state index in [1.807, 2.05) is 0 Å². The average molecular weight is 299 g/mol. The first kappa shape index (κ1) is 16.6. The van der Waals surface area contributed by atoms with E-state index in [1.165, 1.54) is 30.4 Å². The topological polar surface area (TPSA) is 92.5 Å². The molecule has 0 unspecified atom stereocenters. The molecule has 1 aromatic rings. The highest BCUT2D eigenvalue weighted by molar-refractivity contribution is 7.89. The number of hydrogen-bond donors (Lipinski definition) is 2. The molecular formula is C13H21N3O3S. The second-order valence-electron chi connectivity index (χ2n) is 5.19. The number of carbonyl (C=O) groups excluding carboxylic acids is 1. The number of carbonyl (C=O) groups is 1. The summed E-state index contributed by atoms with van der Waals surface area (Å²) >= 11 is 0. The van der Waals surface area contributed by atoms with Gasteiger partial charge in [-0.25, -0.2) is 8.42 Å². The van der Waals surface area contributed by atoms with Gasteiger partial charge in [0.05, 0.1) is 4.90 Å². The van der Waals surface area contributed by atoms with Gasteiger partial charge >= 0.3 is 0 Å². The third kappa shape index (κ3) is 3.56. The highest BCUT2D eigenvalue weighted by Crippen LogP contribution is 2.23. The summed E-state index contributed by atoms with van der Waals surface area (Å²) in [5, 5.41) is 2.59. The van der Waals surface area contributed by atoms with E-state index < -0.39 is 15.6 Å². The molecule has 0 fully saturated rings. The number of likely N-dealkylation sites (N-methyl/N-ethyl adjacent to an activating group) is 1. The van der Waals surface area contributed by atoms with E-state index in [0.29, 0.717) is 5.69 Å². The molecule has 7 heteroatoms. The van der Waals surface area contributed by atoms with Crippen LogP contribution in [0.25, 0.3) is 0 Å². The Bertz CT molecular complexity index is 579. The number of nitrogens with two attached hydrogens (primary N) is 1. The molecule has 0 saturated carbocycles. The number of nitrogens with one attached hydrogen (secondary N) is 1. The Balaban J connectivity index is 3.08. The van der Waals surface area contributed by atoms with Crippen molar-refractivity contribution in [3.8, 4) is 0 Å². The Kier molecular flexibility index (Phi) is 4.90. The molecule has 1 rings (SSSR count). The van der Waals surface area contributed by atoms with Gasteiger partial charge in [0.2, 0.25) is 15.9 Å². The lowest BCUT2D eigenvalue weighted by Gasteiger charge is -2.33. The summed E-state index contributed by atoms with van der Waals surface area (Å²) < 4.78 is 26.2. The Morgan fingerprint density at radius 2 is 1.80 bits per heavy atom. The summed E-state index contributed by atoms with van der Waals surface area (Å²) in [7, 11) is -2.11. The fraction of sp³-hybridized carbons (Fsp3) is 0.462. The molecule has 0 radical (unpaired) electrons. The van der Waals surface area contributed by atoms with Crippen LogP contribution in [0.4, 0.5) is 5.69 Å². The van der Waals surface area contributed by atoms with Crippen LogP contribution in [0.1, 0.15) is 20.8 Å². The number of amides is 1. The molecule has 0 aliphatic heterocycles. The van der Waals surface area contributed by atoms with E-state index in [4.69, 9.17) is 5.73 Å². The van der Waals surface area contributed by atoms with Crippen LogP contribution in [-0.2, 0) is 14.8 Å². The van der Waals surface area contributed by atoms with Crippen molar-refractivity contribution in [2.45, 2.75) is 31.2 Å². The van der Waals surface area contributed by atoms with Crippen molar-refractivity contribution in [1.29, 1.82) is 0 Å². The fourth-order valence-corrected chi connectivity index (χ4v) is 3.05. The van der Waals surface area contributed by atoms with Gasteiger partial charge in [0.25, 0.3) is 0 Å². The van der Waals surface area contributed by atoms with Crippen LogP contribution in [0.5, 0.6) is 0 Å². The lowest BCUT2D eigenvalue weighted by atomic mass is 10.1. The number of rotatable bonds is 5. The monoisotopic (exact) mass is 299 g/mol. The molecule has 6 nitrogen and oxygen atoms in total. The van der Waals surface area contributed by atoms with Gasteiger partial charge in [-0.05, 0) is 38.1 Å². The zero-order chi connectivity index (χ0) is 15.6. The van der Waals surface area contributed by atoms with Crippen molar-refractivity contribution in [1.82, 2.24) is 4.31 Å². The first-order valence-corrected chi connectivity index (χ1v) is 7.62. The Morgan fingerprint density at radius 3 is 2.20 bits per heavy atom. The Labute approximate surface area is 120 Å². The van der Waals surface area contributed by atoms with Gasteiger partial charge in [0.1, 0.15) is 0 Å². The van der Waals surface area contributed by atoms with Crippen LogP contribution in [0.2, 0.25) is 0 Å². The molecule has 20 heavy (non-hydrogen) atoms. The van der Waals surface area contributed by atoms with Gasteiger partial charge in [-0.3, -0.25) is 4.79 Å². The van der Waals surface area contributed by atoms with Crippen LogP contribution in [0.15, 0.2) is 29.2 Å². The number of hydrogen-bond acceptors (Lipinski definition) is 4. The molecule has 3 N–H and O–H groups in total. The highest BCUT2D eigenvalue weighted by Gasteiger charge is 2.32. The summed E-state index contributed by atoms with van der Waals surface area (Å²) in [5.74, 6) is -0.206. The average Bonchev–Trinajstić information content (AvgIpc) is 2.37. The molecule has 0 bridgehead atoms. The number of sulfonamides is 1. The molecular weight excluding hydrogens is 278 g/mol. The minimum atomic E-state index is -3.61. The van der Waals surface area contributed by atoms with Crippen molar-refractivity contribution in [2.24, 2.45) is 5.73 Å². The normalized spacial score (nSPS) is 12.5. The Hall–Kier alpha value is -1.44. The second-order valence-corrected chi connectivity index (χ2v) is 7.16. The molecule has 0 aliphatic rings. The van der Waals surface area contributed by atoms with E-state index >= 15 is 0 Å². The molecule has 0 spiro atoms. The Morgan fingerprint density at radius 1 is 1.30 bits per heavy atom. The van der Waals surface area contributed by atoms with E-state index in [9.17, 15) is 13.2 Å². The van der Waals surface area contributed by atoms with E-state index in [1.54, 1.807) is 26.0 Å². The molecule has 1 amide bonds.